The number of Topliss-reactive ketones (excluding diaryl/α,β-unsaturated/α-hetero) is 1. The smallest absolute Gasteiger partial charge is 0.317 e. The first kappa shape index (κ1) is 20.4. The Morgan fingerprint density at radius 2 is 2.00 bits per heavy atom. The van der Waals surface area contributed by atoms with Crippen molar-refractivity contribution < 1.29 is 14.0 Å². The van der Waals surface area contributed by atoms with Gasteiger partial charge in [-0.15, -0.1) is 11.3 Å². The summed E-state index contributed by atoms with van der Waals surface area (Å²) in [5, 5.41) is 5.66. The second-order valence-electron chi connectivity index (χ2n) is 7.11. The van der Waals surface area contributed by atoms with Crippen LogP contribution >= 0.6 is 11.3 Å². The molecule has 1 N–H and O–H groups in total. The van der Waals surface area contributed by atoms with Gasteiger partial charge in [0.25, 0.3) is 0 Å². The van der Waals surface area contributed by atoms with Gasteiger partial charge in [-0.05, 0) is 56.1 Å². The molecule has 1 aromatic heterocycles. The number of hydrogen-bond acceptors (Lipinski definition) is 5. The quantitative estimate of drug-likeness (QED) is 0.721. The van der Waals surface area contributed by atoms with Gasteiger partial charge < -0.3 is 10.2 Å². The molecule has 2 aromatic rings. The fourth-order valence-corrected chi connectivity index (χ4v) is 3.91. The summed E-state index contributed by atoms with van der Waals surface area (Å²) in [6.07, 6.45) is 3.62. The minimum Gasteiger partial charge on any atom is -0.331 e. The van der Waals surface area contributed by atoms with E-state index in [0.717, 1.165) is 30.9 Å². The molecular weight excluding hydrogens is 379 g/mol. The molecule has 0 atom stereocenters. The third kappa shape index (κ3) is 5.84. The molecule has 2 heterocycles. The van der Waals surface area contributed by atoms with Crippen molar-refractivity contribution in [3.05, 3.63) is 52.2 Å². The third-order valence-corrected chi connectivity index (χ3v) is 5.77. The molecule has 3 rings (SSSR count). The number of likely N-dealkylation sites (tertiary alicyclic amines) is 1. The van der Waals surface area contributed by atoms with Gasteiger partial charge >= 0.3 is 6.03 Å². The van der Waals surface area contributed by atoms with Crippen molar-refractivity contribution in [2.75, 3.05) is 33.2 Å². The minimum atomic E-state index is -0.336. The van der Waals surface area contributed by atoms with Gasteiger partial charge in [0.1, 0.15) is 10.8 Å². The number of carbonyl (C=O) groups is 2. The minimum absolute atomic E-state index is 0.0112. The van der Waals surface area contributed by atoms with Crippen molar-refractivity contribution in [1.82, 2.24) is 20.1 Å². The summed E-state index contributed by atoms with van der Waals surface area (Å²) in [5.41, 5.74) is 0.542. The van der Waals surface area contributed by atoms with Crippen LogP contribution in [0, 0.1) is 11.7 Å². The zero-order valence-electron chi connectivity index (χ0n) is 15.9. The number of piperidine rings is 1. The Balaban J connectivity index is 1.38. The Kier molecular flexibility index (Phi) is 7.11. The molecule has 150 valence electrons. The topological polar surface area (TPSA) is 65.5 Å². The van der Waals surface area contributed by atoms with Crippen LogP contribution in [0.25, 0.3) is 0 Å². The zero-order valence-corrected chi connectivity index (χ0v) is 16.8. The van der Waals surface area contributed by atoms with Crippen LogP contribution in [0.2, 0.25) is 0 Å². The van der Waals surface area contributed by atoms with Crippen molar-refractivity contribution in [3.8, 4) is 0 Å². The van der Waals surface area contributed by atoms with E-state index in [9.17, 15) is 14.0 Å². The number of aromatic nitrogens is 1. The fourth-order valence-electron chi connectivity index (χ4n) is 3.35. The van der Waals surface area contributed by atoms with Crippen molar-refractivity contribution in [2.45, 2.75) is 19.4 Å². The lowest BCUT2D eigenvalue weighted by molar-refractivity contribution is 0.0886. The van der Waals surface area contributed by atoms with Crippen LogP contribution in [0.1, 0.15) is 28.2 Å². The zero-order chi connectivity index (χ0) is 19.9. The Bertz CT molecular complexity index is 774. The van der Waals surface area contributed by atoms with Crippen LogP contribution in [-0.2, 0) is 6.54 Å². The molecule has 6 nitrogen and oxygen atoms in total. The van der Waals surface area contributed by atoms with E-state index in [2.05, 4.69) is 15.2 Å². The number of carbonyl (C=O) groups excluding carboxylic acids is 2. The van der Waals surface area contributed by atoms with Crippen molar-refractivity contribution >= 4 is 23.2 Å². The molecule has 1 fully saturated rings. The molecular formula is C20H25FN4O2S. The molecule has 0 saturated carbocycles. The van der Waals surface area contributed by atoms with E-state index in [1.54, 1.807) is 11.1 Å². The van der Waals surface area contributed by atoms with Gasteiger partial charge in [-0.2, -0.15) is 0 Å². The maximum Gasteiger partial charge on any atom is 0.317 e. The van der Waals surface area contributed by atoms with Crippen LogP contribution in [0.4, 0.5) is 9.18 Å². The molecule has 8 heteroatoms. The maximum absolute atomic E-state index is 13.0. The number of nitrogens with zero attached hydrogens (tertiary/aromatic N) is 3. The largest absolute Gasteiger partial charge is 0.331 e. The third-order valence-electron chi connectivity index (χ3n) is 4.99. The molecule has 2 amide bonds. The maximum atomic E-state index is 13.0. The van der Waals surface area contributed by atoms with Crippen LogP contribution < -0.4 is 5.32 Å². The van der Waals surface area contributed by atoms with Crippen molar-refractivity contribution in [3.63, 3.8) is 0 Å². The number of benzene rings is 1. The molecule has 28 heavy (non-hydrogen) atoms. The van der Waals surface area contributed by atoms with Gasteiger partial charge in [-0.1, -0.05) is 0 Å². The van der Waals surface area contributed by atoms with Crippen LogP contribution in [0.15, 0.2) is 35.8 Å². The van der Waals surface area contributed by atoms with Gasteiger partial charge in [0.15, 0.2) is 5.78 Å². The highest BCUT2D eigenvalue weighted by Gasteiger charge is 2.23. The molecule has 1 aliphatic heterocycles. The van der Waals surface area contributed by atoms with E-state index in [4.69, 9.17) is 0 Å². The molecule has 1 saturated heterocycles. The summed E-state index contributed by atoms with van der Waals surface area (Å²) in [7, 11) is 1.81. The number of nitrogens with one attached hydrogen (secondary N) is 1. The number of ketones is 1. The average molecular weight is 405 g/mol. The van der Waals surface area contributed by atoms with Gasteiger partial charge in [0, 0.05) is 30.7 Å². The van der Waals surface area contributed by atoms with Gasteiger partial charge in [-0.3, -0.25) is 9.69 Å². The number of amides is 2. The molecule has 1 aromatic carbocycles. The number of urea groups is 1. The molecule has 0 aliphatic carbocycles. The van der Waals surface area contributed by atoms with Gasteiger partial charge in [0.05, 0.1) is 13.1 Å². The molecule has 0 radical (unpaired) electrons. The highest BCUT2D eigenvalue weighted by Crippen LogP contribution is 2.18. The number of thiazole rings is 1. The molecule has 0 bridgehead atoms. The van der Waals surface area contributed by atoms with E-state index in [1.165, 1.54) is 35.6 Å². The summed E-state index contributed by atoms with van der Waals surface area (Å²) in [6.45, 7) is 3.15. The van der Waals surface area contributed by atoms with Crippen molar-refractivity contribution in [1.29, 1.82) is 0 Å². The van der Waals surface area contributed by atoms with E-state index >= 15 is 0 Å². The summed E-state index contributed by atoms with van der Waals surface area (Å²) >= 11 is 1.52. The Labute approximate surface area is 168 Å². The molecule has 0 unspecified atom stereocenters. The second-order valence-corrected chi connectivity index (χ2v) is 8.09. The Morgan fingerprint density at radius 1 is 1.29 bits per heavy atom. The lowest BCUT2D eigenvalue weighted by atomic mass is 9.96. The molecule has 0 spiro atoms. The second kappa shape index (κ2) is 9.75. The predicted octanol–water partition coefficient (Wildman–Crippen LogP) is 3.02. The summed E-state index contributed by atoms with van der Waals surface area (Å²) in [5.74, 6) is 0.0992. The predicted molar refractivity (Wildman–Crippen MR) is 107 cm³/mol. The Hall–Kier alpha value is -2.32. The number of rotatable bonds is 7. The first-order chi connectivity index (χ1) is 13.5. The van der Waals surface area contributed by atoms with Crippen LogP contribution in [0.5, 0.6) is 0 Å². The van der Waals surface area contributed by atoms with E-state index in [1.807, 2.05) is 12.4 Å². The first-order valence-corrected chi connectivity index (χ1v) is 10.3. The highest BCUT2D eigenvalue weighted by atomic mass is 32.1. The van der Waals surface area contributed by atoms with E-state index in [0.29, 0.717) is 31.1 Å². The number of hydrogen-bond donors (Lipinski definition) is 1. The molecule has 1 aliphatic rings. The average Bonchev–Trinajstić information content (AvgIpc) is 3.21. The lowest BCUT2D eigenvalue weighted by Crippen LogP contribution is -2.43. The lowest BCUT2D eigenvalue weighted by Gasteiger charge is -2.33. The summed E-state index contributed by atoms with van der Waals surface area (Å²) in [6, 6.07) is 5.60. The standard InChI is InChI=1S/C20H25FN4O2S/c1-24(20(27)23-12-19-22-8-11-28-19)13-15-6-9-25(10-7-15)14-18(26)16-2-4-17(21)5-3-16/h2-5,8,11,15H,6-7,9-10,12-14H2,1H3,(H,23,27). The SMILES string of the molecule is CN(CC1CCN(CC(=O)c2ccc(F)cc2)CC1)C(=O)NCc1nccs1. The highest BCUT2D eigenvalue weighted by molar-refractivity contribution is 7.09. The van der Waals surface area contributed by atoms with E-state index in [-0.39, 0.29) is 17.6 Å². The summed E-state index contributed by atoms with van der Waals surface area (Å²) in [4.78, 5) is 32.5. The first-order valence-electron chi connectivity index (χ1n) is 9.39. The van der Waals surface area contributed by atoms with E-state index < -0.39 is 0 Å². The van der Waals surface area contributed by atoms with Crippen molar-refractivity contribution in [2.24, 2.45) is 5.92 Å². The normalized spacial score (nSPS) is 15.4. The van der Waals surface area contributed by atoms with Crippen LogP contribution in [0.3, 0.4) is 0 Å². The van der Waals surface area contributed by atoms with Crippen LogP contribution in [-0.4, -0.2) is 59.8 Å². The summed E-state index contributed by atoms with van der Waals surface area (Å²) < 4.78 is 13.0. The monoisotopic (exact) mass is 404 g/mol. The van der Waals surface area contributed by atoms with Gasteiger partial charge in [0.2, 0.25) is 0 Å². The van der Waals surface area contributed by atoms with Gasteiger partial charge in [-0.25, -0.2) is 14.2 Å². The fraction of sp³-hybridized carbons (Fsp3) is 0.450. The number of halogens is 1. The Morgan fingerprint density at radius 3 is 2.64 bits per heavy atom.